The molecular formula is C18H27N3. The van der Waals surface area contributed by atoms with E-state index in [-0.39, 0.29) is 0 Å². The molecule has 114 valence electrons. The van der Waals surface area contributed by atoms with Gasteiger partial charge in [0.15, 0.2) is 0 Å². The summed E-state index contributed by atoms with van der Waals surface area (Å²) in [5.41, 5.74) is 2.70. The smallest absolute Gasteiger partial charge is 0.131 e. The van der Waals surface area contributed by atoms with E-state index in [1.165, 1.54) is 68.4 Å². The van der Waals surface area contributed by atoms with E-state index < -0.39 is 0 Å². The summed E-state index contributed by atoms with van der Waals surface area (Å²) < 4.78 is 0. The molecule has 0 amide bonds. The second-order valence-electron chi connectivity index (χ2n) is 7.23. The Morgan fingerprint density at radius 3 is 2.86 bits per heavy atom. The molecule has 2 heterocycles. The van der Waals surface area contributed by atoms with Crippen LogP contribution in [0.4, 0.5) is 5.82 Å². The molecule has 1 aliphatic heterocycles. The highest BCUT2D eigenvalue weighted by Crippen LogP contribution is 2.39. The van der Waals surface area contributed by atoms with Gasteiger partial charge < -0.3 is 10.2 Å². The van der Waals surface area contributed by atoms with Crippen molar-refractivity contribution in [1.29, 1.82) is 0 Å². The van der Waals surface area contributed by atoms with Gasteiger partial charge in [0.05, 0.1) is 0 Å². The molecule has 2 aliphatic carbocycles. The minimum absolute atomic E-state index is 0.764. The van der Waals surface area contributed by atoms with Gasteiger partial charge in [0, 0.05) is 31.4 Å². The molecule has 0 aromatic carbocycles. The van der Waals surface area contributed by atoms with E-state index in [2.05, 4.69) is 29.4 Å². The highest BCUT2D eigenvalue weighted by molar-refractivity contribution is 5.49. The molecule has 3 heteroatoms. The van der Waals surface area contributed by atoms with Crippen LogP contribution in [0.3, 0.4) is 0 Å². The van der Waals surface area contributed by atoms with E-state index in [1.807, 2.05) is 0 Å². The average molecular weight is 285 g/mol. The third kappa shape index (κ3) is 2.80. The fourth-order valence-electron chi connectivity index (χ4n) is 4.29. The summed E-state index contributed by atoms with van der Waals surface area (Å²) in [6, 6.07) is 3.88. The average Bonchev–Trinajstić information content (AvgIpc) is 3.20. The zero-order chi connectivity index (χ0) is 14.2. The molecule has 1 aromatic rings. The quantitative estimate of drug-likeness (QED) is 0.919. The number of nitrogens with one attached hydrogen (secondary N) is 1. The van der Waals surface area contributed by atoms with Crippen molar-refractivity contribution < 1.29 is 0 Å². The third-order valence-electron chi connectivity index (χ3n) is 5.54. The van der Waals surface area contributed by atoms with Crippen molar-refractivity contribution in [2.24, 2.45) is 5.92 Å². The van der Waals surface area contributed by atoms with Gasteiger partial charge in [-0.05, 0) is 68.6 Å². The Morgan fingerprint density at radius 1 is 1.19 bits per heavy atom. The van der Waals surface area contributed by atoms with Gasteiger partial charge in [0.1, 0.15) is 5.82 Å². The molecule has 0 bridgehead atoms. The Balaban J connectivity index is 1.50. The van der Waals surface area contributed by atoms with Crippen LogP contribution in [0, 0.1) is 12.8 Å². The van der Waals surface area contributed by atoms with Crippen molar-refractivity contribution >= 4 is 5.82 Å². The van der Waals surface area contributed by atoms with Crippen LogP contribution in [0.25, 0.3) is 0 Å². The molecule has 3 aliphatic rings. The molecule has 1 saturated heterocycles. The van der Waals surface area contributed by atoms with Crippen LogP contribution < -0.4 is 10.2 Å². The zero-order valence-electron chi connectivity index (χ0n) is 13.1. The van der Waals surface area contributed by atoms with Crippen LogP contribution in [0.2, 0.25) is 0 Å². The number of rotatable bonds is 4. The van der Waals surface area contributed by atoms with E-state index in [0.717, 1.165) is 24.5 Å². The van der Waals surface area contributed by atoms with Crippen LogP contribution in [-0.2, 0) is 6.54 Å². The number of hydrogen-bond donors (Lipinski definition) is 1. The fraction of sp³-hybridized carbons (Fsp3) is 0.722. The molecule has 0 radical (unpaired) electrons. The van der Waals surface area contributed by atoms with Crippen molar-refractivity contribution in [3.05, 3.63) is 23.4 Å². The lowest BCUT2D eigenvalue weighted by atomic mass is 9.91. The molecule has 4 rings (SSSR count). The summed E-state index contributed by atoms with van der Waals surface area (Å²) in [7, 11) is 0. The molecule has 0 spiro atoms. The van der Waals surface area contributed by atoms with Crippen molar-refractivity contribution in [3.63, 3.8) is 0 Å². The summed E-state index contributed by atoms with van der Waals surface area (Å²) in [5.74, 6) is 2.18. The van der Waals surface area contributed by atoms with Gasteiger partial charge in [0.2, 0.25) is 0 Å². The number of piperidine rings is 1. The Morgan fingerprint density at radius 2 is 2.05 bits per heavy atom. The Labute approximate surface area is 128 Å². The summed E-state index contributed by atoms with van der Waals surface area (Å²) in [4.78, 5) is 7.47. The molecule has 21 heavy (non-hydrogen) atoms. The van der Waals surface area contributed by atoms with Gasteiger partial charge in [-0.25, -0.2) is 4.98 Å². The van der Waals surface area contributed by atoms with Crippen LogP contribution in [0.15, 0.2) is 12.3 Å². The van der Waals surface area contributed by atoms with Gasteiger partial charge in [-0.2, -0.15) is 0 Å². The number of aryl methyl sites for hydroxylation is 1. The number of anilines is 1. The minimum Gasteiger partial charge on any atom is -0.353 e. The minimum atomic E-state index is 0.764. The highest BCUT2D eigenvalue weighted by atomic mass is 15.2. The Kier molecular flexibility index (Phi) is 3.62. The third-order valence-corrected chi connectivity index (χ3v) is 5.54. The van der Waals surface area contributed by atoms with E-state index in [4.69, 9.17) is 4.98 Å². The monoisotopic (exact) mass is 285 g/mol. The number of hydrogen-bond acceptors (Lipinski definition) is 3. The van der Waals surface area contributed by atoms with Crippen LogP contribution >= 0.6 is 0 Å². The normalized spacial score (nSPS) is 28.7. The Bertz CT molecular complexity index is 509. The molecule has 2 unspecified atom stereocenters. The lowest BCUT2D eigenvalue weighted by Crippen LogP contribution is -2.43. The lowest BCUT2D eigenvalue weighted by Gasteiger charge is -2.39. The highest BCUT2D eigenvalue weighted by Gasteiger charge is 2.36. The molecule has 3 nitrogen and oxygen atoms in total. The first-order chi connectivity index (χ1) is 10.3. The van der Waals surface area contributed by atoms with Crippen molar-refractivity contribution in [1.82, 2.24) is 10.3 Å². The van der Waals surface area contributed by atoms with Gasteiger partial charge in [-0.1, -0.05) is 6.42 Å². The number of pyridine rings is 1. The van der Waals surface area contributed by atoms with Crippen molar-refractivity contribution in [2.75, 3.05) is 11.4 Å². The SMILES string of the molecule is Cc1cc(CNC2CC2)cnc1N1CCCC2CCCC21. The zero-order valence-corrected chi connectivity index (χ0v) is 13.1. The number of nitrogens with zero attached hydrogens (tertiary/aromatic N) is 2. The summed E-state index contributed by atoms with van der Waals surface area (Å²) in [6.07, 6.45) is 11.8. The first-order valence-corrected chi connectivity index (χ1v) is 8.77. The standard InChI is InChI=1S/C18H27N3/c1-13-10-14(11-19-16-7-8-16)12-20-18(13)21-9-3-5-15-4-2-6-17(15)21/h10,12,15-17,19H,2-9,11H2,1H3. The van der Waals surface area contributed by atoms with Gasteiger partial charge in [-0.3, -0.25) is 0 Å². The second-order valence-corrected chi connectivity index (χ2v) is 7.23. The molecule has 1 aromatic heterocycles. The van der Waals surface area contributed by atoms with Crippen molar-refractivity contribution in [3.8, 4) is 0 Å². The van der Waals surface area contributed by atoms with E-state index in [9.17, 15) is 0 Å². The molecule has 2 saturated carbocycles. The molecule has 2 atom stereocenters. The van der Waals surface area contributed by atoms with Crippen LogP contribution in [-0.4, -0.2) is 23.6 Å². The molecule has 3 fully saturated rings. The fourth-order valence-corrected chi connectivity index (χ4v) is 4.29. The number of fused-ring (bicyclic) bond motifs is 1. The van der Waals surface area contributed by atoms with Crippen LogP contribution in [0.1, 0.15) is 56.1 Å². The molecule has 1 N–H and O–H groups in total. The first-order valence-electron chi connectivity index (χ1n) is 8.77. The maximum Gasteiger partial charge on any atom is 0.131 e. The van der Waals surface area contributed by atoms with Gasteiger partial charge in [-0.15, -0.1) is 0 Å². The second kappa shape index (κ2) is 5.60. The Hall–Kier alpha value is -1.09. The number of aromatic nitrogens is 1. The summed E-state index contributed by atoms with van der Waals surface area (Å²) in [6.45, 7) is 4.42. The van der Waals surface area contributed by atoms with Gasteiger partial charge in [0.25, 0.3) is 0 Å². The predicted octanol–water partition coefficient (Wildman–Crippen LogP) is 3.41. The topological polar surface area (TPSA) is 28.2 Å². The molecular weight excluding hydrogens is 258 g/mol. The van der Waals surface area contributed by atoms with E-state index in [0.29, 0.717) is 0 Å². The van der Waals surface area contributed by atoms with E-state index in [1.54, 1.807) is 0 Å². The first kappa shape index (κ1) is 13.6. The maximum atomic E-state index is 4.85. The van der Waals surface area contributed by atoms with Gasteiger partial charge >= 0.3 is 0 Å². The lowest BCUT2D eigenvalue weighted by molar-refractivity contribution is 0.360. The predicted molar refractivity (Wildman–Crippen MR) is 86.5 cm³/mol. The maximum absolute atomic E-state index is 4.85. The largest absolute Gasteiger partial charge is 0.353 e. The summed E-state index contributed by atoms with van der Waals surface area (Å²) >= 11 is 0. The van der Waals surface area contributed by atoms with Crippen molar-refractivity contribution in [2.45, 2.75) is 70.5 Å². The van der Waals surface area contributed by atoms with E-state index >= 15 is 0 Å². The summed E-state index contributed by atoms with van der Waals surface area (Å²) in [5, 5.41) is 3.58. The van der Waals surface area contributed by atoms with Crippen LogP contribution in [0.5, 0.6) is 0 Å².